The zero-order valence-corrected chi connectivity index (χ0v) is 16.7. The Morgan fingerprint density at radius 1 is 1.03 bits per heavy atom. The molecule has 0 aliphatic carbocycles. The smallest absolute Gasteiger partial charge is 0.437 e. The van der Waals surface area contributed by atoms with Gasteiger partial charge in [0.25, 0.3) is 5.60 Å². The van der Waals surface area contributed by atoms with E-state index in [1.165, 1.54) is 0 Å². The first-order valence-corrected chi connectivity index (χ1v) is 9.57. The number of hydrogen-bond acceptors (Lipinski definition) is 5. The molecule has 31 heavy (non-hydrogen) atoms. The van der Waals surface area contributed by atoms with Crippen LogP contribution in [0.1, 0.15) is 18.1 Å². The lowest BCUT2D eigenvalue weighted by Gasteiger charge is -2.34. The highest BCUT2D eigenvalue weighted by atomic mass is 19.4. The molecule has 1 amide bonds. The number of amides is 1. The van der Waals surface area contributed by atoms with Gasteiger partial charge in [-0.1, -0.05) is 6.07 Å². The number of carbonyl (C=O) groups is 1. The Hall–Kier alpha value is -2.21. The van der Waals surface area contributed by atoms with Gasteiger partial charge in [-0.25, -0.2) is 4.79 Å². The van der Waals surface area contributed by atoms with Gasteiger partial charge >= 0.3 is 18.4 Å². The third-order valence-corrected chi connectivity index (χ3v) is 5.31. The fourth-order valence-electron chi connectivity index (χ4n) is 3.22. The largest absolute Gasteiger partial charge is 0.492 e. The molecular formula is C19H22F6N2O4. The summed E-state index contributed by atoms with van der Waals surface area (Å²) in [5, 5.41) is 0. The van der Waals surface area contributed by atoms with Gasteiger partial charge in [-0.2, -0.15) is 26.3 Å². The van der Waals surface area contributed by atoms with Gasteiger partial charge in [0, 0.05) is 32.7 Å². The highest BCUT2D eigenvalue weighted by Crippen LogP contribution is 2.46. The highest BCUT2D eigenvalue weighted by molar-refractivity contribution is 5.69. The third kappa shape index (κ3) is 5.17. The SMILES string of the molecule is CC(OC(=O)N1Cc2ccc(OCCN3CCOCC3)cc2C1)(C(F)(F)F)C(F)(F)F. The fourth-order valence-corrected chi connectivity index (χ4v) is 3.22. The second-order valence-corrected chi connectivity index (χ2v) is 7.49. The van der Waals surface area contributed by atoms with Crippen LogP contribution in [-0.2, 0) is 22.6 Å². The normalized spacial score (nSPS) is 18.1. The van der Waals surface area contributed by atoms with Crippen LogP contribution in [0.3, 0.4) is 0 Å². The zero-order chi connectivity index (χ0) is 22.9. The van der Waals surface area contributed by atoms with Crippen molar-refractivity contribution in [2.45, 2.75) is 38.0 Å². The molecule has 2 aliphatic heterocycles. The van der Waals surface area contributed by atoms with Crippen molar-refractivity contribution in [3.63, 3.8) is 0 Å². The van der Waals surface area contributed by atoms with Gasteiger partial charge in [0.05, 0.1) is 13.2 Å². The van der Waals surface area contributed by atoms with E-state index in [0.717, 1.165) is 18.0 Å². The van der Waals surface area contributed by atoms with Gasteiger partial charge in [-0.3, -0.25) is 9.80 Å². The molecule has 0 spiro atoms. The lowest BCUT2D eigenvalue weighted by molar-refractivity contribution is -0.359. The average Bonchev–Trinajstić information content (AvgIpc) is 3.10. The summed E-state index contributed by atoms with van der Waals surface area (Å²) in [5.41, 5.74) is -3.43. The number of fused-ring (bicyclic) bond motifs is 1. The maximum atomic E-state index is 13.0. The minimum absolute atomic E-state index is 0.159. The summed E-state index contributed by atoms with van der Waals surface area (Å²) >= 11 is 0. The van der Waals surface area contributed by atoms with Crippen LogP contribution in [-0.4, -0.2) is 73.3 Å². The summed E-state index contributed by atoms with van der Waals surface area (Å²) in [7, 11) is 0. The van der Waals surface area contributed by atoms with Crippen molar-refractivity contribution >= 4 is 6.09 Å². The van der Waals surface area contributed by atoms with Crippen LogP contribution in [0, 0.1) is 0 Å². The van der Waals surface area contributed by atoms with Crippen molar-refractivity contribution in [1.29, 1.82) is 0 Å². The summed E-state index contributed by atoms with van der Waals surface area (Å²) in [4.78, 5) is 15.1. The van der Waals surface area contributed by atoms with Crippen LogP contribution in [0.2, 0.25) is 0 Å². The molecule has 0 aromatic heterocycles. The minimum atomic E-state index is -5.81. The monoisotopic (exact) mass is 456 g/mol. The van der Waals surface area contributed by atoms with Crippen LogP contribution < -0.4 is 4.74 Å². The summed E-state index contributed by atoms with van der Waals surface area (Å²) in [6.45, 7) is 3.48. The molecule has 6 nitrogen and oxygen atoms in total. The fraction of sp³-hybridized carbons (Fsp3) is 0.632. The number of hydrogen-bond donors (Lipinski definition) is 0. The molecule has 2 aliphatic rings. The van der Waals surface area contributed by atoms with E-state index in [0.29, 0.717) is 43.2 Å². The molecule has 3 rings (SSSR count). The first kappa shape index (κ1) is 23.5. The Labute approximate surface area is 174 Å². The van der Waals surface area contributed by atoms with Gasteiger partial charge < -0.3 is 14.2 Å². The van der Waals surface area contributed by atoms with E-state index in [2.05, 4.69) is 9.64 Å². The number of benzene rings is 1. The van der Waals surface area contributed by atoms with Gasteiger partial charge in [0.15, 0.2) is 0 Å². The summed E-state index contributed by atoms with van der Waals surface area (Å²) in [6, 6.07) is 4.89. The molecule has 1 fully saturated rings. The lowest BCUT2D eigenvalue weighted by Crippen LogP contribution is -2.58. The molecule has 1 saturated heterocycles. The van der Waals surface area contributed by atoms with Crippen LogP contribution in [0.15, 0.2) is 18.2 Å². The first-order chi connectivity index (χ1) is 14.4. The van der Waals surface area contributed by atoms with Crippen LogP contribution in [0.5, 0.6) is 5.75 Å². The van der Waals surface area contributed by atoms with Gasteiger partial charge in [-0.15, -0.1) is 0 Å². The molecule has 0 radical (unpaired) electrons. The van der Waals surface area contributed by atoms with E-state index < -0.39 is 24.0 Å². The number of nitrogens with zero attached hydrogens (tertiary/aromatic N) is 2. The Morgan fingerprint density at radius 2 is 1.65 bits per heavy atom. The summed E-state index contributed by atoms with van der Waals surface area (Å²) in [5.74, 6) is 0.498. The zero-order valence-electron chi connectivity index (χ0n) is 16.7. The Balaban J connectivity index is 1.59. The summed E-state index contributed by atoms with van der Waals surface area (Å²) in [6.07, 6.45) is -13.3. The van der Waals surface area contributed by atoms with Crippen LogP contribution in [0.25, 0.3) is 0 Å². The molecule has 0 atom stereocenters. The molecule has 0 bridgehead atoms. The van der Waals surface area contributed by atoms with Crippen molar-refractivity contribution in [3.05, 3.63) is 29.3 Å². The van der Waals surface area contributed by atoms with Gasteiger partial charge in [0.2, 0.25) is 0 Å². The molecule has 0 N–H and O–H groups in total. The number of ether oxygens (including phenoxy) is 3. The second-order valence-electron chi connectivity index (χ2n) is 7.49. The predicted molar refractivity (Wildman–Crippen MR) is 95.4 cm³/mol. The molecule has 0 unspecified atom stereocenters. The van der Waals surface area contributed by atoms with Crippen LogP contribution in [0.4, 0.5) is 31.1 Å². The molecule has 1 aromatic carbocycles. The number of halogens is 6. The number of morpholine rings is 1. The topological polar surface area (TPSA) is 51.2 Å². The van der Waals surface area contributed by atoms with Crippen molar-refractivity contribution in [1.82, 2.24) is 9.80 Å². The maximum absolute atomic E-state index is 13.0. The second kappa shape index (κ2) is 8.73. The first-order valence-electron chi connectivity index (χ1n) is 9.57. The van der Waals surface area contributed by atoms with Gasteiger partial charge in [-0.05, 0) is 30.2 Å². The van der Waals surface area contributed by atoms with E-state index >= 15 is 0 Å². The van der Waals surface area contributed by atoms with Crippen molar-refractivity contribution in [3.8, 4) is 5.75 Å². The number of carbonyl (C=O) groups excluding carboxylic acids is 1. The average molecular weight is 456 g/mol. The Bertz CT molecular complexity index is 779. The Morgan fingerprint density at radius 3 is 2.26 bits per heavy atom. The third-order valence-electron chi connectivity index (χ3n) is 5.31. The molecular weight excluding hydrogens is 434 g/mol. The van der Waals surface area contributed by atoms with E-state index in [-0.39, 0.29) is 20.0 Å². The molecule has 0 saturated carbocycles. The molecule has 1 aromatic rings. The van der Waals surface area contributed by atoms with E-state index in [9.17, 15) is 31.1 Å². The van der Waals surface area contributed by atoms with E-state index in [1.807, 2.05) is 0 Å². The number of alkyl halides is 6. The summed E-state index contributed by atoms with van der Waals surface area (Å²) < 4.78 is 92.7. The standard InChI is InChI=1S/C19H22F6N2O4/c1-17(18(20,21)22,19(23,24)25)31-16(28)27-11-13-2-3-15(10-14(13)12-27)30-9-6-26-4-7-29-8-5-26/h2-3,10H,4-9,11-12H2,1H3. The molecule has 12 heteroatoms. The maximum Gasteiger partial charge on any atom is 0.437 e. The van der Waals surface area contributed by atoms with Gasteiger partial charge in [0.1, 0.15) is 12.4 Å². The predicted octanol–water partition coefficient (Wildman–Crippen LogP) is 3.73. The molecule has 2 heterocycles. The number of rotatable bonds is 5. The van der Waals surface area contributed by atoms with E-state index in [4.69, 9.17) is 9.47 Å². The van der Waals surface area contributed by atoms with Crippen molar-refractivity contribution in [2.75, 3.05) is 39.5 Å². The molecule has 174 valence electrons. The van der Waals surface area contributed by atoms with E-state index in [1.54, 1.807) is 18.2 Å². The van der Waals surface area contributed by atoms with Crippen LogP contribution >= 0.6 is 0 Å². The quantitative estimate of drug-likeness (QED) is 0.633. The lowest BCUT2D eigenvalue weighted by atomic mass is 10.1. The van der Waals surface area contributed by atoms with Crippen molar-refractivity contribution < 1.29 is 45.3 Å². The Kier molecular flexibility index (Phi) is 6.61. The highest BCUT2D eigenvalue weighted by Gasteiger charge is 2.71. The van der Waals surface area contributed by atoms with Crippen molar-refractivity contribution in [2.24, 2.45) is 0 Å². The minimum Gasteiger partial charge on any atom is -0.492 e.